The summed E-state index contributed by atoms with van der Waals surface area (Å²) in [5.74, 6) is -1.47. The fourth-order valence-electron chi connectivity index (χ4n) is 2.48. The molecule has 1 heterocycles. The largest absolute Gasteiger partial charge is 0.399 e. The van der Waals surface area contributed by atoms with Crippen LogP contribution in [-0.2, 0) is 10.0 Å². The molecule has 1 atom stereocenters. The van der Waals surface area contributed by atoms with Crippen LogP contribution in [0.25, 0.3) is 0 Å². The Morgan fingerprint density at radius 2 is 1.95 bits per heavy atom. The Morgan fingerprint density at radius 1 is 1.29 bits per heavy atom. The lowest BCUT2D eigenvalue weighted by atomic mass is 9.97. The molecule has 0 radical (unpaired) electrons. The fourth-order valence-corrected chi connectivity index (χ4v) is 3.27. The number of hydrogen-bond acceptors (Lipinski definition) is 4. The Kier molecular flexibility index (Phi) is 4.07. The summed E-state index contributed by atoms with van der Waals surface area (Å²) in [7, 11) is -4.06. The number of nitrogen functional groups attached to an aromatic ring is 1. The third-order valence-electron chi connectivity index (χ3n) is 3.52. The molecule has 5 nitrogen and oxygen atoms in total. The van der Waals surface area contributed by atoms with E-state index in [1.807, 2.05) is 0 Å². The zero-order chi connectivity index (χ0) is 15.8. The van der Waals surface area contributed by atoms with Crippen molar-refractivity contribution >= 4 is 21.4 Å². The van der Waals surface area contributed by atoms with E-state index in [0.717, 1.165) is 0 Å². The van der Waals surface area contributed by atoms with Crippen molar-refractivity contribution in [2.45, 2.75) is 23.9 Å². The highest BCUT2D eigenvalue weighted by molar-refractivity contribution is 7.89. The number of anilines is 2. The first-order valence-electron chi connectivity index (χ1n) is 6.33. The molecule has 4 N–H and O–H groups in total. The third-order valence-corrected chi connectivity index (χ3v) is 4.46. The molecule has 0 saturated carbocycles. The molecule has 1 aromatic carbocycles. The molecule has 0 spiro atoms. The second-order valence-electron chi connectivity index (χ2n) is 5.10. The molecule has 0 aromatic heterocycles. The highest BCUT2D eigenvalue weighted by atomic mass is 32.2. The topological polar surface area (TPSA) is 89.4 Å². The van der Waals surface area contributed by atoms with Crippen molar-refractivity contribution in [3.63, 3.8) is 0 Å². The Balaban J connectivity index is 2.38. The Labute approximate surface area is 120 Å². The van der Waals surface area contributed by atoms with Crippen molar-refractivity contribution in [2.75, 3.05) is 23.7 Å². The Morgan fingerprint density at radius 3 is 2.52 bits per heavy atom. The molecule has 118 valence electrons. The normalized spacial score (nSPS) is 20.6. The smallest absolute Gasteiger partial charge is 0.393 e. The van der Waals surface area contributed by atoms with Crippen molar-refractivity contribution in [1.29, 1.82) is 0 Å². The van der Waals surface area contributed by atoms with Gasteiger partial charge in [-0.15, -0.1) is 0 Å². The monoisotopic (exact) mass is 323 g/mol. The molecule has 1 aliphatic heterocycles. The molecular weight excluding hydrogens is 307 g/mol. The summed E-state index contributed by atoms with van der Waals surface area (Å²) in [6.07, 6.45) is -3.92. The molecule has 9 heteroatoms. The van der Waals surface area contributed by atoms with Crippen molar-refractivity contribution < 1.29 is 21.6 Å². The highest BCUT2D eigenvalue weighted by Gasteiger charge is 2.42. The second-order valence-corrected chi connectivity index (χ2v) is 6.63. The van der Waals surface area contributed by atoms with Crippen molar-refractivity contribution in [2.24, 2.45) is 11.1 Å². The number of nitrogens with two attached hydrogens (primary N) is 2. The molecule has 21 heavy (non-hydrogen) atoms. The van der Waals surface area contributed by atoms with E-state index in [0.29, 0.717) is 13.0 Å². The minimum absolute atomic E-state index is 0.0413. The van der Waals surface area contributed by atoms with Crippen molar-refractivity contribution in [3.8, 4) is 0 Å². The summed E-state index contributed by atoms with van der Waals surface area (Å²) in [6, 6.07) is 4.01. The highest BCUT2D eigenvalue weighted by Crippen LogP contribution is 2.36. The maximum absolute atomic E-state index is 12.8. The van der Waals surface area contributed by atoms with Crippen LogP contribution < -0.4 is 15.8 Å². The molecular formula is C12H16F3N3O2S. The van der Waals surface area contributed by atoms with Gasteiger partial charge in [0.1, 0.15) is 4.90 Å². The van der Waals surface area contributed by atoms with Gasteiger partial charge in [0, 0.05) is 18.8 Å². The average Bonchev–Trinajstić information content (AvgIpc) is 2.37. The SMILES string of the molecule is Nc1ccc(N2CCCC(C(F)(F)F)C2)c(S(N)(=O)=O)c1. The molecule has 1 aromatic rings. The third kappa shape index (κ3) is 3.59. The van der Waals surface area contributed by atoms with E-state index in [1.165, 1.54) is 23.1 Å². The Hall–Kier alpha value is -1.48. The maximum Gasteiger partial charge on any atom is 0.393 e. The van der Waals surface area contributed by atoms with Crippen molar-refractivity contribution in [1.82, 2.24) is 0 Å². The number of piperidine rings is 1. The van der Waals surface area contributed by atoms with Gasteiger partial charge in [0.15, 0.2) is 0 Å². The van der Waals surface area contributed by atoms with E-state index in [-0.39, 0.29) is 29.2 Å². The lowest BCUT2D eigenvalue weighted by Crippen LogP contribution is -2.42. The van der Waals surface area contributed by atoms with E-state index < -0.39 is 22.1 Å². The van der Waals surface area contributed by atoms with Crippen LogP contribution in [0.1, 0.15) is 12.8 Å². The fraction of sp³-hybridized carbons (Fsp3) is 0.500. The van der Waals surface area contributed by atoms with Crippen LogP contribution in [0, 0.1) is 5.92 Å². The summed E-state index contributed by atoms with van der Waals surface area (Å²) in [5.41, 5.74) is 5.89. The van der Waals surface area contributed by atoms with Crippen LogP contribution >= 0.6 is 0 Å². The van der Waals surface area contributed by atoms with Gasteiger partial charge in [-0.1, -0.05) is 0 Å². The molecule has 1 fully saturated rings. The predicted octanol–water partition coefficient (Wildman–Crippen LogP) is 1.69. The van der Waals surface area contributed by atoms with E-state index >= 15 is 0 Å². The molecule has 1 aliphatic rings. The maximum atomic E-state index is 12.8. The number of halogens is 3. The van der Waals surface area contributed by atoms with Gasteiger partial charge in [0.25, 0.3) is 0 Å². The van der Waals surface area contributed by atoms with Gasteiger partial charge in [-0.25, -0.2) is 13.6 Å². The first-order chi connectivity index (χ1) is 9.59. The lowest BCUT2D eigenvalue weighted by molar-refractivity contribution is -0.176. The van der Waals surface area contributed by atoms with E-state index in [9.17, 15) is 21.6 Å². The first kappa shape index (κ1) is 15.9. The molecule has 0 aliphatic carbocycles. The number of benzene rings is 1. The van der Waals surface area contributed by atoms with Crippen LogP contribution in [0.5, 0.6) is 0 Å². The van der Waals surface area contributed by atoms with E-state index in [4.69, 9.17) is 10.9 Å². The zero-order valence-corrected chi connectivity index (χ0v) is 11.9. The van der Waals surface area contributed by atoms with Crippen molar-refractivity contribution in [3.05, 3.63) is 18.2 Å². The van der Waals surface area contributed by atoms with Gasteiger partial charge in [0.05, 0.1) is 11.6 Å². The van der Waals surface area contributed by atoms with Crippen LogP contribution in [0.2, 0.25) is 0 Å². The number of hydrogen-bond donors (Lipinski definition) is 2. The summed E-state index contributed by atoms with van der Waals surface area (Å²) >= 11 is 0. The van der Waals surface area contributed by atoms with Gasteiger partial charge >= 0.3 is 6.18 Å². The summed E-state index contributed by atoms with van der Waals surface area (Å²) in [4.78, 5) is 1.16. The average molecular weight is 323 g/mol. The first-order valence-corrected chi connectivity index (χ1v) is 7.87. The van der Waals surface area contributed by atoms with Gasteiger partial charge in [-0.3, -0.25) is 0 Å². The minimum atomic E-state index is -4.30. The molecule has 0 bridgehead atoms. The van der Waals surface area contributed by atoms with E-state index in [2.05, 4.69) is 0 Å². The van der Waals surface area contributed by atoms with E-state index in [1.54, 1.807) is 0 Å². The molecule has 2 rings (SSSR count). The molecule has 1 saturated heterocycles. The number of alkyl halides is 3. The molecule has 0 amide bonds. The van der Waals surface area contributed by atoms with Gasteiger partial charge < -0.3 is 10.6 Å². The standard InChI is InChI=1S/C12H16F3N3O2S/c13-12(14,15)8-2-1-5-18(7-8)10-4-3-9(16)6-11(10)21(17,19)20/h3-4,6,8H,1-2,5,7,16H2,(H2,17,19,20). The summed E-state index contributed by atoms with van der Waals surface area (Å²) in [5, 5.41) is 5.12. The van der Waals surface area contributed by atoms with Crippen LogP contribution in [-0.4, -0.2) is 27.7 Å². The number of sulfonamides is 1. The van der Waals surface area contributed by atoms with Crippen LogP contribution in [0.15, 0.2) is 23.1 Å². The minimum Gasteiger partial charge on any atom is -0.399 e. The quantitative estimate of drug-likeness (QED) is 0.811. The Bertz CT molecular complexity index is 631. The lowest BCUT2D eigenvalue weighted by Gasteiger charge is -2.36. The zero-order valence-electron chi connectivity index (χ0n) is 11.1. The van der Waals surface area contributed by atoms with Crippen LogP contribution in [0.3, 0.4) is 0 Å². The summed E-state index contributed by atoms with van der Waals surface area (Å²) < 4.78 is 61.7. The number of rotatable bonds is 2. The van der Waals surface area contributed by atoms with Crippen LogP contribution in [0.4, 0.5) is 24.5 Å². The van der Waals surface area contributed by atoms with Gasteiger partial charge in [-0.2, -0.15) is 13.2 Å². The predicted molar refractivity (Wildman–Crippen MR) is 73.2 cm³/mol. The number of nitrogens with zero attached hydrogens (tertiary/aromatic N) is 1. The van der Waals surface area contributed by atoms with Gasteiger partial charge in [0.2, 0.25) is 10.0 Å². The number of primary sulfonamides is 1. The molecule has 1 unspecified atom stereocenters. The summed E-state index contributed by atoms with van der Waals surface area (Å²) in [6.45, 7) is 0.0644. The second kappa shape index (κ2) is 5.38. The van der Waals surface area contributed by atoms with Gasteiger partial charge in [-0.05, 0) is 31.0 Å².